The van der Waals surface area contributed by atoms with Crippen molar-refractivity contribution in [2.75, 3.05) is 32.1 Å². The molecule has 0 fully saturated rings. The number of carbonyl (C=O) groups is 2. The standard InChI is InChI=1S/C21H24N2O5/c1-23(13-15-5-3-2-4-6-15)14-16(21(25)26)11-20(24)22-17-7-8-18-19(12-17)28-10-9-27-18/h2-8,12,16H,9-11,13-14H2,1H3,(H,22,24)(H,25,26)/t16-/m0/s1. The number of hydrogen-bond donors (Lipinski definition) is 2. The van der Waals surface area contributed by atoms with Crippen molar-refractivity contribution < 1.29 is 24.2 Å². The second-order valence-electron chi connectivity index (χ2n) is 6.83. The second-order valence-corrected chi connectivity index (χ2v) is 6.83. The molecular formula is C21H24N2O5. The number of ether oxygens (including phenoxy) is 2. The zero-order chi connectivity index (χ0) is 19.9. The molecule has 2 aromatic carbocycles. The van der Waals surface area contributed by atoms with Crippen LogP contribution in [-0.4, -0.2) is 48.7 Å². The predicted octanol–water partition coefficient (Wildman–Crippen LogP) is 2.62. The molecule has 7 heteroatoms. The van der Waals surface area contributed by atoms with Crippen LogP contribution in [0.15, 0.2) is 48.5 Å². The molecule has 0 aliphatic carbocycles. The Hall–Kier alpha value is -3.06. The van der Waals surface area contributed by atoms with Crippen LogP contribution in [0, 0.1) is 5.92 Å². The fraction of sp³-hybridized carbons (Fsp3) is 0.333. The van der Waals surface area contributed by atoms with E-state index in [4.69, 9.17) is 9.47 Å². The van der Waals surface area contributed by atoms with Gasteiger partial charge in [-0.15, -0.1) is 0 Å². The first-order valence-electron chi connectivity index (χ1n) is 9.16. The summed E-state index contributed by atoms with van der Waals surface area (Å²) in [6, 6.07) is 14.9. The fourth-order valence-corrected chi connectivity index (χ4v) is 3.12. The number of carboxylic acids is 1. The van der Waals surface area contributed by atoms with Gasteiger partial charge in [0, 0.05) is 31.3 Å². The largest absolute Gasteiger partial charge is 0.486 e. The van der Waals surface area contributed by atoms with E-state index in [2.05, 4.69) is 5.32 Å². The van der Waals surface area contributed by atoms with Crippen molar-refractivity contribution in [2.24, 2.45) is 5.92 Å². The fourth-order valence-electron chi connectivity index (χ4n) is 3.12. The molecule has 0 unspecified atom stereocenters. The van der Waals surface area contributed by atoms with E-state index in [0.717, 1.165) is 5.56 Å². The summed E-state index contributed by atoms with van der Waals surface area (Å²) in [6.45, 7) is 1.85. The molecule has 1 heterocycles. The zero-order valence-electron chi connectivity index (χ0n) is 15.8. The topological polar surface area (TPSA) is 88.1 Å². The van der Waals surface area contributed by atoms with Gasteiger partial charge in [0.15, 0.2) is 11.5 Å². The van der Waals surface area contributed by atoms with Crippen LogP contribution in [0.3, 0.4) is 0 Å². The van der Waals surface area contributed by atoms with E-state index in [9.17, 15) is 14.7 Å². The van der Waals surface area contributed by atoms with Gasteiger partial charge in [0.25, 0.3) is 0 Å². The molecule has 2 aromatic rings. The van der Waals surface area contributed by atoms with Gasteiger partial charge in [0.2, 0.25) is 5.91 Å². The van der Waals surface area contributed by atoms with E-state index < -0.39 is 11.9 Å². The van der Waals surface area contributed by atoms with Crippen LogP contribution < -0.4 is 14.8 Å². The number of nitrogens with zero attached hydrogens (tertiary/aromatic N) is 1. The quantitative estimate of drug-likeness (QED) is 0.727. The van der Waals surface area contributed by atoms with Gasteiger partial charge < -0.3 is 24.8 Å². The summed E-state index contributed by atoms with van der Waals surface area (Å²) in [7, 11) is 1.85. The van der Waals surface area contributed by atoms with Crippen molar-refractivity contribution in [3.05, 3.63) is 54.1 Å². The number of rotatable bonds is 8. The molecule has 1 aliphatic rings. The van der Waals surface area contributed by atoms with E-state index in [1.165, 1.54) is 0 Å². The lowest BCUT2D eigenvalue weighted by molar-refractivity contribution is -0.144. The third-order valence-corrected chi connectivity index (χ3v) is 4.43. The highest BCUT2D eigenvalue weighted by Gasteiger charge is 2.23. The van der Waals surface area contributed by atoms with Crippen LogP contribution in [-0.2, 0) is 16.1 Å². The molecule has 2 N–H and O–H groups in total. The summed E-state index contributed by atoms with van der Waals surface area (Å²) in [6.07, 6.45) is -0.108. The van der Waals surface area contributed by atoms with Gasteiger partial charge >= 0.3 is 5.97 Å². The van der Waals surface area contributed by atoms with Crippen molar-refractivity contribution in [3.63, 3.8) is 0 Å². The third kappa shape index (κ3) is 5.47. The van der Waals surface area contributed by atoms with Crippen molar-refractivity contribution in [2.45, 2.75) is 13.0 Å². The zero-order valence-corrected chi connectivity index (χ0v) is 15.8. The molecule has 1 amide bonds. The molecule has 1 atom stereocenters. The highest BCUT2D eigenvalue weighted by Crippen LogP contribution is 2.32. The van der Waals surface area contributed by atoms with Crippen LogP contribution in [0.1, 0.15) is 12.0 Å². The number of anilines is 1. The number of benzene rings is 2. The first-order chi connectivity index (χ1) is 13.5. The average Bonchev–Trinajstić information content (AvgIpc) is 2.68. The summed E-state index contributed by atoms with van der Waals surface area (Å²) in [5.41, 5.74) is 1.64. The Kier molecular flexibility index (Phi) is 6.49. The molecule has 0 spiro atoms. The van der Waals surface area contributed by atoms with E-state index in [0.29, 0.717) is 36.9 Å². The lowest BCUT2D eigenvalue weighted by atomic mass is 10.0. The number of carbonyl (C=O) groups excluding carboxylic acids is 1. The summed E-state index contributed by atoms with van der Waals surface area (Å²) in [5, 5.41) is 12.3. The van der Waals surface area contributed by atoms with Crippen molar-refractivity contribution >= 4 is 17.6 Å². The second kappa shape index (κ2) is 9.23. The van der Waals surface area contributed by atoms with Crippen molar-refractivity contribution in [3.8, 4) is 11.5 Å². The van der Waals surface area contributed by atoms with Crippen LogP contribution in [0.25, 0.3) is 0 Å². The Labute approximate surface area is 163 Å². The first-order valence-corrected chi connectivity index (χ1v) is 9.16. The summed E-state index contributed by atoms with van der Waals surface area (Å²) in [5.74, 6) is -0.933. The third-order valence-electron chi connectivity index (χ3n) is 4.43. The van der Waals surface area contributed by atoms with E-state index >= 15 is 0 Å². The summed E-state index contributed by atoms with van der Waals surface area (Å²) < 4.78 is 10.9. The highest BCUT2D eigenvalue weighted by atomic mass is 16.6. The Morgan fingerprint density at radius 1 is 1.11 bits per heavy atom. The Bertz CT molecular complexity index is 825. The number of hydrogen-bond acceptors (Lipinski definition) is 5. The molecule has 0 saturated carbocycles. The van der Waals surface area contributed by atoms with Crippen LogP contribution >= 0.6 is 0 Å². The Morgan fingerprint density at radius 3 is 2.54 bits per heavy atom. The predicted molar refractivity (Wildman–Crippen MR) is 105 cm³/mol. The molecule has 0 radical (unpaired) electrons. The molecule has 7 nitrogen and oxygen atoms in total. The van der Waals surface area contributed by atoms with Gasteiger partial charge in [-0.05, 0) is 24.7 Å². The van der Waals surface area contributed by atoms with Gasteiger partial charge in [-0.3, -0.25) is 9.59 Å². The average molecular weight is 384 g/mol. The molecule has 3 rings (SSSR count). The van der Waals surface area contributed by atoms with E-state index in [-0.39, 0.29) is 18.9 Å². The molecule has 1 aliphatic heterocycles. The minimum Gasteiger partial charge on any atom is -0.486 e. The van der Waals surface area contributed by atoms with Gasteiger partial charge in [-0.1, -0.05) is 30.3 Å². The lowest BCUT2D eigenvalue weighted by Gasteiger charge is -2.22. The minimum absolute atomic E-state index is 0.108. The molecule has 0 aromatic heterocycles. The molecule has 148 valence electrons. The SMILES string of the molecule is CN(Cc1ccccc1)C[C@H](CC(=O)Nc1ccc2c(c1)OCCO2)C(=O)O. The number of fused-ring (bicyclic) bond motifs is 1. The normalized spacial score (nSPS) is 13.8. The maximum atomic E-state index is 12.4. The Balaban J connectivity index is 1.56. The minimum atomic E-state index is -0.989. The number of amides is 1. The number of carboxylic acid groups (broad SMARTS) is 1. The maximum Gasteiger partial charge on any atom is 0.308 e. The smallest absolute Gasteiger partial charge is 0.308 e. The van der Waals surface area contributed by atoms with Crippen LogP contribution in [0.5, 0.6) is 11.5 Å². The molecular weight excluding hydrogens is 360 g/mol. The summed E-state index contributed by atoms with van der Waals surface area (Å²) in [4.78, 5) is 25.9. The van der Waals surface area contributed by atoms with Crippen LogP contribution in [0.2, 0.25) is 0 Å². The molecule has 28 heavy (non-hydrogen) atoms. The van der Waals surface area contributed by atoms with E-state index in [1.807, 2.05) is 42.3 Å². The van der Waals surface area contributed by atoms with Gasteiger partial charge in [0.05, 0.1) is 5.92 Å². The van der Waals surface area contributed by atoms with Crippen molar-refractivity contribution in [1.29, 1.82) is 0 Å². The monoisotopic (exact) mass is 384 g/mol. The molecule has 0 bridgehead atoms. The van der Waals surface area contributed by atoms with Gasteiger partial charge in [-0.2, -0.15) is 0 Å². The lowest BCUT2D eigenvalue weighted by Crippen LogP contribution is -2.33. The Morgan fingerprint density at radius 2 is 1.82 bits per heavy atom. The van der Waals surface area contributed by atoms with E-state index in [1.54, 1.807) is 18.2 Å². The molecule has 0 saturated heterocycles. The summed E-state index contributed by atoms with van der Waals surface area (Å²) >= 11 is 0. The van der Waals surface area contributed by atoms with Crippen molar-refractivity contribution in [1.82, 2.24) is 4.90 Å². The maximum absolute atomic E-state index is 12.4. The first kappa shape index (κ1) is 19.7. The number of nitrogens with one attached hydrogen (secondary N) is 1. The van der Waals surface area contributed by atoms with Gasteiger partial charge in [-0.25, -0.2) is 0 Å². The van der Waals surface area contributed by atoms with Crippen LogP contribution in [0.4, 0.5) is 5.69 Å². The highest BCUT2D eigenvalue weighted by molar-refractivity contribution is 5.93. The van der Waals surface area contributed by atoms with Gasteiger partial charge in [0.1, 0.15) is 13.2 Å². The number of aliphatic carboxylic acids is 1.